The molecule has 0 aliphatic carbocycles. The number of carbonyl (C=O) groups excluding carboxylic acids is 2. The molecule has 0 unspecified atom stereocenters. The molecular weight excluding hydrogens is 278 g/mol. The second-order valence-corrected chi connectivity index (χ2v) is 4.50. The molecular formula is C17H17N3O2. The molecule has 0 fully saturated rings. The monoisotopic (exact) mass is 295 g/mol. The highest BCUT2D eigenvalue weighted by atomic mass is 16.2. The predicted octanol–water partition coefficient (Wildman–Crippen LogP) is 2.11. The van der Waals surface area contributed by atoms with Crippen molar-refractivity contribution in [3.63, 3.8) is 0 Å². The molecule has 1 aromatic heterocycles. The standard InChI is InChI=1S/C17H17N3O2/c1-3-19-17(22)16(18-2)11-15-5-4-10-20(15)14-8-6-13(12-21)7-9-14/h3-12,18H,1H2,2H3,(H,19,22)/b16-11+. The first-order valence-electron chi connectivity index (χ1n) is 6.73. The van der Waals surface area contributed by atoms with Crippen molar-refractivity contribution in [1.82, 2.24) is 15.2 Å². The number of nitrogens with zero attached hydrogens (tertiary/aromatic N) is 1. The molecule has 0 bridgehead atoms. The van der Waals surface area contributed by atoms with Gasteiger partial charge in [0.25, 0.3) is 5.91 Å². The van der Waals surface area contributed by atoms with Crippen molar-refractivity contribution in [2.45, 2.75) is 0 Å². The van der Waals surface area contributed by atoms with Gasteiger partial charge in [-0.3, -0.25) is 9.59 Å². The molecule has 0 atom stereocenters. The third kappa shape index (κ3) is 3.32. The largest absolute Gasteiger partial charge is 0.384 e. The Bertz CT molecular complexity index is 712. The molecule has 1 heterocycles. The molecule has 2 aromatic rings. The number of amides is 1. The molecule has 1 aromatic carbocycles. The smallest absolute Gasteiger partial charge is 0.271 e. The van der Waals surface area contributed by atoms with Crippen LogP contribution in [0.15, 0.2) is 61.1 Å². The third-order valence-electron chi connectivity index (χ3n) is 3.13. The summed E-state index contributed by atoms with van der Waals surface area (Å²) >= 11 is 0. The van der Waals surface area contributed by atoms with Gasteiger partial charge in [0.2, 0.25) is 0 Å². The number of carbonyl (C=O) groups is 2. The first-order chi connectivity index (χ1) is 10.7. The average molecular weight is 295 g/mol. The normalized spacial score (nSPS) is 10.9. The highest BCUT2D eigenvalue weighted by molar-refractivity contribution is 5.97. The number of rotatable bonds is 6. The summed E-state index contributed by atoms with van der Waals surface area (Å²) in [5, 5.41) is 5.39. The first kappa shape index (κ1) is 15.3. The number of nitrogens with one attached hydrogen (secondary N) is 2. The van der Waals surface area contributed by atoms with Crippen molar-refractivity contribution in [3.05, 3.63) is 72.3 Å². The molecule has 0 spiro atoms. The van der Waals surface area contributed by atoms with E-state index in [0.717, 1.165) is 17.7 Å². The van der Waals surface area contributed by atoms with E-state index < -0.39 is 0 Å². The zero-order valence-corrected chi connectivity index (χ0v) is 12.2. The maximum Gasteiger partial charge on any atom is 0.271 e. The van der Waals surface area contributed by atoms with Gasteiger partial charge in [0.15, 0.2) is 0 Å². The molecule has 0 saturated heterocycles. The third-order valence-corrected chi connectivity index (χ3v) is 3.13. The Labute approximate surface area is 129 Å². The summed E-state index contributed by atoms with van der Waals surface area (Å²) in [5.74, 6) is -0.262. The summed E-state index contributed by atoms with van der Waals surface area (Å²) in [4.78, 5) is 22.6. The van der Waals surface area contributed by atoms with Crippen LogP contribution < -0.4 is 10.6 Å². The van der Waals surface area contributed by atoms with Gasteiger partial charge < -0.3 is 15.2 Å². The maximum absolute atomic E-state index is 11.9. The van der Waals surface area contributed by atoms with Crippen LogP contribution in [-0.2, 0) is 4.79 Å². The number of aldehydes is 1. The molecule has 0 radical (unpaired) electrons. The Morgan fingerprint density at radius 2 is 1.95 bits per heavy atom. The Morgan fingerprint density at radius 1 is 1.23 bits per heavy atom. The number of hydrogen-bond acceptors (Lipinski definition) is 3. The topological polar surface area (TPSA) is 63.1 Å². The fourth-order valence-corrected chi connectivity index (χ4v) is 2.03. The number of benzene rings is 1. The van der Waals surface area contributed by atoms with E-state index in [1.165, 1.54) is 6.20 Å². The molecule has 1 amide bonds. The van der Waals surface area contributed by atoms with E-state index >= 15 is 0 Å². The first-order valence-corrected chi connectivity index (χ1v) is 6.73. The fourth-order valence-electron chi connectivity index (χ4n) is 2.03. The number of hydrogen-bond donors (Lipinski definition) is 2. The van der Waals surface area contributed by atoms with E-state index in [2.05, 4.69) is 17.2 Å². The van der Waals surface area contributed by atoms with Crippen LogP contribution in [0.4, 0.5) is 0 Å². The Kier molecular flexibility index (Phi) is 4.93. The Balaban J connectivity index is 2.37. The second-order valence-electron chi connectivity index (χ2n) is 4.50. The van der Waals surface area contributed by atoms with Gasteiger partial charge in [-0.1, -0.05) is 6.58 Å². The molecule has 22 heavy (non-hydrogen) atoms. The highest BCUT2D eigenvalue weighted by Gasteiger charge is 2.08. The van der Waals surface area contributed by atoms with Crippen molar-refractivity contribution in [3.8, 4) is 5.69 Å². The minimum absolute atomic E-state index is 0.262. The molecule has 5 nitrogen and oxygen atoms in total. The van der Waals surface area contributed by atoms with Crippen LogP contribution in [0.1, 0.15) is 16.1 Å². The molecule has 112 valence electrons. The van der Waals surface area contributed by atoms with E-state index in [4.69, 9.17) is 0 Å². The summed E-state index contributed by atoms with van der Waals surface area (Å²) in [6.45, 7) is 3.48. The average Bonchev–Trinajstić information content (AvgIpc) is 3.01. The Morgan fingerprint density at radius 3 is 2.55 bits per heavy atom. The van der Waals surface area contributed by atoms with Crippen LogP contribution >= 0.6 is 0 Å². The summed E-state index contributed by atoms with van der Waals surface area (Å²) in [5.41, 5.74) is 2.78. The summed E-state index contributed by atoms with van der Waals surface area (Å²) in [6, 6.07) is 11.0. The van der Waals surface area contributed by atoms with Crippen LogP contribution in [-0.4, -0.2) is 23.8 Å². The van der Waals surface area contributed by atoms with E-state index in [0.29, 0.717) is 11.3 Å². The van der Waals surface area contributed by atoms with Gasteiger partial charge in [0, 0.05) is 30.2 Å². The van der Waals surface area contributed by atoms with E-state index in [1.54, 1.807) is 25.3 Å². The molecule has 5 heteroatoms. The molecule has 2 rings (SSSR count). The van der Waals surface area contributed by atoms with Crippen LogP contribution in [0.2, 0.25) is 0 Å². The van der Waals surface area contributed by atoms with Crippen LogP contribution in [0.3, 0.4) is 0 Å². The summed E-state index contributed by atoms with van der Waals surface area (Å²) < 4.78 is 1.92. The van der Waals surface area contributed by atoms with Crippen molar-refractivity contribution < 1.29 is 9.59 Å². The van der Waals surface area contributed by atoms with E-state index in [-0.39, 0.29) is 5.91 Å². The lowest BCUT2D eigenvalue weighted by molar-refractivity contribution is -0.116. The summed E-state index contributed by atoms with van der Waals surface area (Å²) in [7, 11) is 1.68. The van der Waals surface area contributed by atoms with Crippen LogP contribution in [0, 0.1) is 0 Å². The van der Waals surface area contributed by atoms with Gasteiger partial charge in [-0.25, -0.2) is 0 Å². The van der Waals surface area contributed by atoms with Gasteiger partial charge in [0.05, 0.1) is 0 Å². The molecule has 2 N–H and O–H groups in total. The van der Waals surface area contributed by atoms with Gasteiger partial charge in [0.1, 0.15) is 12.0 Å². The minimum Gasteiger partial charge on any atom is -0.384 e. The SMILES string of the molecule is C=CNC(=O)/C(=C\c1cccn1-c1ccc(C=O)cc1)NC. The van der Waals surface area contributed by atoms with Crippen molar-refractivity contribution >= 4 is 18.3 Å². The minimum atomic E-state index is -0.262. The van der Waals surface area contributed by atoms with E-state index in [9.17, 15) is 9.59 Å². The van der Waals surface area contributed by atoms with Crippen molar-refractivity contribution in [1.29, 1.82) is 0 Å². The van der Waals surface area contributed by atoms with Crippen LogP contribution in [0.5, 0.6) is 0 Å². The van der Waals surface area contributed by atoms with Crippen LogP contribution in [0.25, 0.3) is 11.8 Å². The predicted molar refractivity (Wildman–Crippen MR) is 86.5 cm³/mol. The van der Waals surface area contributed by atoms with Crippen molar-refractivity contribution in [2.75, 3.05) is 7.05 Å². The molecule has 0 saturated carbocycles. The number of aromatic nitrogens is 1. The van der Waals surface area contributed by atoms with Gasteiger partial charge >= 0.3 is 0 Å². The number of likely N-dealkylation sites (N-methyl/N-ethyl adjacent to an activating group) is 1. The molecule has 0 aliphatic heterocycles. The highest BCUT2D eigenvalue weighted by Crippen LogP contribution is 2.15. The fraction of sp³-hybridized carbons (Fsp3) is 0.0588. The lowest BCUT2D eigenvalue weighted by Crippen LogP contribution is -2.26. The quantitative estimate of drug-likeness (QED) is 0.634. The van der Waals surface area contributed by atoms with Gasteiger partial charge in [-0.15, -0.1) is 0 Å². The second kappa shape index (κ2) is 7.08. The maximum atomic E-state index is 11.9. The zero-order valence-electron chi connectivity index (χ0n) is 12.2. The molecule has 0 aliphatic rings. The lowest BCUT2D eigenvalue weighted by Gasteiger charge is -2.09. The van der Waals surface area contributed by atoms with Gasteiger partial charge in [-0.05, 0) is 48.7 Å². The van der Waals surface area contributed by atoms with E-state index in [1.807, 2.05) is 35.0 Å². The van der Waals surface area contributed by atoms with Gasteiger partial charge in [-0.2, -0.15) is 0 Å². The lowest BCUT2D eigenvalue weighted by atomic mass is 10.2. The Hall–Kier alpha value is -3.08. The zero-order chi connectivity index (χ0) is 15.9. The van der Waals surface area contributed by atoms with Crippen molar-refractivity contribution in [2.24, 2.45) is 0 Å². The summed E-state index contributed by atoms with van der Waals surface area (Å²) in [6.07, 6.45) is 5.77.